The monoisotopic (exact) mass is 607 g/mol. The average Bonchev–Trinajstić information content (AvgIpc) is 3.39. The Kier molecular flexibility index (Phi) is 10.1. The van der Waals surface area contributed by atoms with Crippen LogP contribution >= 0.6 is 11.3 Å². The topological polar surface area (TPSA) is 175 Å². The number of aromatic amines is 1. The van der Waals surface area contributed by atoms with E-state index in [4.69, 9.17) is 15.2 Å². The predicted octanol–water partition coefficient (Wildman–Crippen LogP) is 3.30. The zero-order valence-electron chi connectivity index (χ0n) is 23.1. The van der Waals surface area contributed by atoms with Crippen LogP contribution in [0.25, 0.3) is 22.8 Å². The first-order valence-electron chi connectivity index (χ1n) is 12.5. The number of pyridine rings is 4. The zero-order chi connectivity index (χ0) is 30.1. The fraction of sp³-hybridized carbons (Fsp3) is 0.179. The number of rotatable bonds is 9. The van der Waals surface area contributed by atoms with Crippen molar-refractivity contribution in [2.24, 2.45) is 5.73 Å². The maximum Gasteiger partial charge on any atom is 0.305 e. The van der Waals surface area contributed by atoms with Gasteiger partial charge in [0.05, 0.1) is 54.9 Å². The van der Waals surface area contributed by atoms with Crippen LogP contribution in [-0.2, 0) is 23.1 Å². The van der Waals surface area contributed by atoms with Crippen LogP contribution in [0.5, 0.6) is 11.5 Å². The van der Waals surface area contributed by atoms with Crippen LogP contribution in [0.15, 0.2) is 82.1 Å². The normalized spacial score (nSPS) is 11.0. The number of aryl methyl sites for hydroxylation is 1. The lowest BCUT2D eigenvalue weighted by atomic mass is 10.2. The molecule has 0 atom stereocenters. The van der Waals surface area contributed by atoms with Crippen molar-refractivity contribution in [2.75, 3.05) is 14.2 Å². The number of methoxy groups -OCH3 is 2. The van der Waals surface area contributed by atoms with Gasteiger partial charge in [-0.05, 0) is 31.2 Å². The molecule has 0 unspecified atom stereocenters. The Hall–Kier alpha value is -4.50. The molecule has 0 spiro atoms. The molecular weight excluding hydrogens is 578 g/mol. The molecule has 0 saturated heterocycles. The number of ether oxygens (including phenoxy) is 2. The van der Waals surface area contributed by atoms with Gasteiger partial charge >= 0.3 is 4.87 Å². The molecule has 4 N–H and O–H groups in total. The third-order valence-electron chi connectivity index (χ3n) is 5.71. The number of nitrogens with one attached hydrogen (secondary N) is 2. The van der Waals surface area contributed by atoms with Gasteiger partial charge in [-0.15, -0.1) is 0 Å². The smallest absolute Gasteiger partial charge is 0.305 e. The quantitative estimate of drug-likeness (QED) is 0.225. The highest BCUT2D eigenvalue weighted by molar-refractivity contribution is 7.91. The van der Waals surface area contributed by atoms with Gasteiger partial charge in [-0.3, -0.25) is 14.8 Å². The van der Waals surface area contributed by atoms with Crippen molar-refractivity contribution in [3.8, 4) is 34.3 Å². The minimum absolute atomic E-state index is 0.0321. The number of aromatic nitrogens is 5. The minimum Gasteiger partial charge on any atom is -0.497 e. The summed E-state index contributed by atoms with van der Waals surface area (Å²) in [6, 6.07) is 18.2. The first-order chi connectivity index (χ1) is 20.2. The van der Waals surface area contributed by atoms with Crippen molar-refractivity contribution in [2.45, 2.75) is 24.2 Å². The first kappa shape index (κ1) is 30.5. The van der Waals surface area contributed by atoms with E-state index in [1.165, 1.54) is 14.0 Å². The van der Waals surface area contributed by atoms with Crippen molar-refractivity contribution in [1.29, 1.82) is 0 Å². The fourth-order valence-corrected chi connectivity index (χ4v) is 6.07. The Labute approximate surface area is 246 Å². The third-order valence-corrected chi connectivity index (χ3v) is 8.71. The second kappa shape index (κ2) is 13.9. The summed E-state index contributed by atoms with van der Waals surface area (Å²) in [4.78, 5) is 30.7. The van der Waals surface area contributed by atoms with Gasteiger partial charge in [0.25, 0.3) is 10.0 Å². The first-order valence-corrected chi connectivity index (χ1v) is 14.8. The van der Waals surface area contributed by atoms with Gasteiger partial charge in [-0.1, -0.05) is 23.5 Å². The molecule has 14 heteroatoms. The lowest BCUT2D eigenvalue weighted by molar-refractivity contribution is 0.413. The van der Waals surface area contributed by atoms with Gasteiger partial charge < -0.3 is 20.2 Å². The largest absolute Gasteiger partial charge is 0.497 e. The standard InChI is InChI=1S/C16H16N4O4S2.C12H13N3O/c1-10-15(25-16(21)19-10)26(22,23)18-9-11-7-12(24-2)8-14(20-11)13-5-3-4-6-17-13;1-16-10-6-9(8-13)15-12(7-10)11-4-2-3-5-14-11/h3-8,18H,9H2,1-2H3,(H,19,21);2-7H,8,13H2,1H3. The van der Waals surface area contributed by atoms with E-state index < -0.39 is 14.9 Å². The van der Waals surface area contributed by atoms with Gasteiger partial charge in [0, 0.05) is 48.9 Å². The summed E-state index contributed by atoms with van der Waals surface area (Å²) >= 11 is 0.647. The highest BCUT2D eigenvalue weighted by atomic mass is 32.2. The molecule has 0 aromatic carbocycles. The van der Waals surface area contributed by atoms with E-state index in [1.54, 1.807) is 43.8 Å². The van der Waals surface area contributed by atoms with Gasteiger partial charge in [-0.25, -0.2) is 23.1 Å². The summed E-state index contributed by atoms with van der Waals surface area (Å²) in [6.07, 6.45) is 3.38. The highest BCUT2D eigenvalue weighted by Crippen LogP contribution is 2.23. The molecule has 12 nitrogen and oxygen atoms in total. The van der Waals surface area contributed by atoms with Crippen molar-refractivity contribution < 1.29 is 17.9 Å². The Morgan fingerprint density at radius 2 is 1.40 bits per heavy atom. The second-order valence-electron chi connectivity index (χ2n) is 8.65. The predicted molar refractivity (Wildman–Crippen MR) is 160 cm³/mol. The number of nitrogens with zero attached hydrogens (tertiary/aromatic N) is 4. The van der Waals surface area contributed by atoms with Gasteiger partial charge in [0.2, 0.25) is 0 Å². The molecule has 0 bridgehead atoms. The fourth-order valence-electron chi connectivity index (χ4n) is 3.72. The van der Waals surface area contributed by atoms with Crippen LogP contribution < -0.4 is 24.8 Å². The molecule has 0 aliphatic heterocycles. The Morgan fingerprint density at radius 1 is 0.857 bits per heavy atom. The van der Waals surface area contributed by atoms with Crippen LogP contribution in [0, 0.1) is 6.92 Å². The summed E-state index contributed by atoms with van der Waals surface area (Å²) in [5.41, 5.74) is 9.96. The number of hydrogen-bond donors (Lipinski definition) is 3. The van der Waals surface area contributed by atoms with E-state index in [-0.39, 0.29) is 10.8 Å². The second-order valence-corrected chi connectivity index (χ2v) is 11.6. The summed E-state index contributed by atoms with van der Waals surface area (Å²) < 4.78 is 37.7. The van der Waals surface area contributed by atoms with E-state index in [0.29, 0.717) is 46.4 Å². The maximum absolute atomic E-state index is 12.4. The molecule has 0 aliphatic rings. The molecule has 5 aromatic rings. The van der Waals surface area contributed by atoms with E-state index >= 15 is 0 Å². The summed E-state index contributed by atoms with van der Waals surface area (Å²) in [5, 5.41) is 0. The average molecular weight is 608 g/mol. The summed E-state index contributed by atoms with van der Waals surface area (Å²) in [7, 11) is -0.682. The van der Waals surface area contributed by atoms with Gasteiger partial charge in [-0.2, -0.15) is 0 Å². The molecule has 0 aliphatic carbocycles. The number of nitrogens with two attached hydrogens (primary N) is 1. The van der Waals surface area contributed by atoms with E-state index in [0.717, 1.165) is 22.8 Å². The Bertz CT molecular complexity index is 1770. The minimum atomic E-state index is -3.82. The molecule has 5 rings (SSSR count). The molecule has 0 saturated carbocycles. The summed E-state index contributed by atoms with van der Waals surface area (Å²) in [6.45, 7) is 1.87. The van der Waals surface area contributed by atoms with E-state index in [2.05, 4.69) is 29.6 Å². The lowest BCUT2D eigenvalue weighted by Gasteiger charge is -2.09. The van der Waals surface area contributed by atoms with Crippen molar-refractivity contribution in [1.82, 2.24) is 29.6 Å². The van der Waals surface area contributed by atoms with Crippen LogP contribution in [0.1, 0.15) is 17.1 Å². The Morgan fingerprint density at radius 3 is 1.86 bits per heavy atom. The van der Waals surface area contributed by atoms with Crippen LogP contribution in [0.3, 0.4) is 0 Å². The SMILES string of the molecule is COc1cc(CN)nc(-c2ccccn2)c1.COc1cc(CNS(=O)(=O)c2sc(=O)[nH]c2C)nc(-c2ccccn2)c1. The molecule has 5 heterocycles. The maximum atomic E-state index is 12.4. The molecule has 0 amide bonds. The number of hydrogen-bond acceptors (Lipinski definition) is 11. The van der Waals surface area contributed by atoms with Crippen molar-refractivity contribution in [3.63, 3.8) is 0 Å². The molecule has 0 radical (unpaired) electrons. The molecular formula is C28H29N7O5S2. The number of sulfonamides is 1. The number of thiazole rings is 1. The molecule has 0 fully saturated rings. The lowest BCUT2D eigenvalue weighted by Crippen LogP contribution is -2.23. The van der Waals surface area contributed by atoms with Crippen LogP contribution in [0.4, 0.5) is 0 Å². The Balaban J connectivity index is 0.000000216. The zero-order valence-corrected chi connectivity index (χ0v) is 24.7. The number of H-pyrrole nitrogens is 1. The van der Waals surface area contributed by atoms with Crippen molar-refractivity contribution in [3.05, 3.63) is 99.8 Å². The van der Waals surface area contributed by atoms with E-state index in [9.17, 15) is 13.2 Å². The van der Waals surface area contributed by atoms with Crippen LogP contribution in [-0.4, -0.2) is 47.6 Å². The van der Waals surface area contributed by atoms with Gasteiger partial charge in [0.1, 0.15) is 11.5 Å². The van der Waals surface area contributed by atoms with Crippen LogP contribution in [0.2, 0.25) is 0 Å². The molecule has 218 valence electrons. The van der Waals surface area contributed by atoms with E-state index in [1.807, 2.05) is 36.4 Å². The molecule has 5 aromatic heterocycles. The summed E-state index contributed by atoms with van der Waals surface area (Å²) in [5.74, 6) is 1.29. The molecule has 42 heavy (non-hydrogen) atoms. The van der Waals surface area contributed by atoms with Gasteiger partial charge in [0.15, 0.2) is 4.21 Å². The third kappa shape index (κ3) is 7.82. The van der Waals surface area contributed by atoms with Crippen molar-refractivity contribution >= 4 is 21.4 Å². The highest BCUT2D eigenvalue weighted by Gasteiger charge is 2.21.